The molecule has 0 aliphatic heterocycles. The fourth-order valence-electron chi connectivity index (χ4n) is 2.14. The van der Waals surface area contributed by atoms with Gasteiger partial charge >= 0.3 is 0 Å². The molecular weight excluding hydrogens is 305 g/mol. The highest BCUT2D eigenvalue weighted by Gasteiger charge is 2.14. The highest BCUT2D eigenvalue weighted by molar-refractivity contribution is 9.10. The van der Waals surface area contributed by atoms with E-state index in [0.29, 0.717) is 0 Å². The third kappa shape index (κ3) is 3.64. The van der Waals surface area contributed by atoms with E-state index in [1.807, 2.05) is 38.2 Å². The minimum Gasteiger partial charge on any atom is -0.313 e. The van der Waals surface area contributed by atoms with Crippen LogP contribution in [0.2, 0.25) is 0 Å². The lowest BCUT2D eigenvalue weighted by molar-refractivity contribution is 0.533. The normalized spacial score (nSPS) is 12.4. The van der Waals surface area contributed by atoms with Crippen molar-refractivity contribution in [1.82, 2.24) is 5.32 Å². The first-order chi connectivity index (χ1) is 9.10. The Kier molecular flexibility index (Phi) is 4.72. The Morgan fingerprint density at radius 3 is 2.42 bits per heavy atom. The Morgan fingerprint density at radius 1 is 1.16 bits per heavy atom. The number of halogens is 2. The average Bonchev–Trinajstić information content (AvgIpc) is 2.39. The van der Waals surface area contributed by atoms with Crippen molar-refractivity contribution in [1.29, 1.82) is 0 Å². The summed E-state index contributed by atoms with van der Waals surface area (Å²) in [5.41, 5.74) is 2.85. The molecular formula is C16H17BrFN. The van der Waals surface area contributed by atoms with Gasteiger partial charge in [-0.2, -0.15) is 0 Å². The first kappa shape index (κ1) is 14.2. The second kappa shape index (κ2) is 6.31. The highest BCUT2D eigenvalue weighted by Crippen LogP contribution is 2.22. The lowest BCUT2D eigenvalue weighted by Crippen LogP contribution is -2.20. The lowest BCUT2D eigenvalue weighted by atomic mass is 9.97. The molecule has 0 aliphatic rings. The van der Waals surface area contributed by atoms with Crippen LogP contribution in [0.15, 0.2) is 46.9 Å². The zero-order valence-corrected chi connectivity index (χ0v) is 12.7. The molecule has 1 atom stereocenters. The van der Waals surface area contributed by atoms with E-state index in [4.69, 9.17) is 0 Å². The zero-order valence-electron chi connectivity index (χ0n) is 11.1. The van der Waals surface area contributed by atoms with Crippen molar-refractivity contribution in [2.45, 2.75) is 19.4 Å². The molecule has 1 N–H and O–H groups in total. The molecule has 0 heterocycles. The predicted octanol–water partition coefficient (Wildman–Crippen LogP) is 4.40. The molecule has 0 saturated heterocycles. The fourth-order valence-corrected chi connectivity index (χ4v) is 2.40. The van der Waals surface area contributed by atoms with Gasteiger partial charge in [0.15, 0.2) is 0 Å². The van der Waals surface area contributed by atoms with Gasteiger partial charge in [-0.05, 0) is 49.7 Å². The molecule has 0 fully saturated rings. The Hall–Kier alpha value is -1.19. The lowest BCUT2D eigenvalue weighted by Gasteiger charge is -2.18. The Bertz CT molecular complexity index is 551. The van der Waals surface area contributed by atoms with Crippen molar-refractivity contribution in [3.05, 3.63) is 69.4 Å². The number of likely N-dealkylation sites (N-methyl/N-ethyl adjacent to an activating group) is 1. The van der Waals surface area contributed by atoms with Gasteiger partial charge in [0.05, 0.1) is 0 Å². The Balaban J connectivity index is 2.22. The third-order valence-corrected chi connectivity index (χ3v) is 3.76. The van der Waals surface area contributed by atoms with Crippen molar-refractivity contribution >= 4 is 15.9 Å². The minimum atomic E-state index is -0.142. The van der Waals surface area contributed by atoms with Gasteiger partial charge in [0.2, 0.25) is 0 Å². The topological polar surface area (TPSA) is 12.0 Å². The summed E-state index contributed by atoms with van der Waals surface area (Å²) in [5, 5.41) is 3.19. The van der Waals surface area contributed by atoms with Crippen molar-refractivity contribution in [3.63, 3.8) is 0 Å². The first-order valence-electron chi connectivity index (χ1n) is 6.28. The number of aryl methyl sites for hydroxylation is 1. The van der Waals surface area contributed by atoms with Crippen LogP contribution in [0.4, 0.5) is 4.39 Å². The van der Waals surface area contributed by atoms with Crippen LogP contribution in [0.25, 0.3) is 0 Å². The molecule has 1 unspecified atom stereocenters. The largest absolute Gasteiger partial charge is 0.313 e. The van der Waals surface area contributed by atoms with Crippen LogP contribution in [-0.2, 0) is 6.42 Å². The fraction of sp³-hybridized carbons (Fsp3) is 0.250. The van der Waals surface area contributed by atoms with Crippen LogP contribution in [-0.4, -0.2) is 7.05 Å². The minimum absolute atomic E-state index is 0.0122. The first-order valence-corrected chi connectivity index (χ1v) is 7.07. The van der Waals surface area contributed by atoms with Crippen LogP contribution in [0, 0.1) is 12.7 Å². The van der Waals surface area contributed by atoms with Gasteiger partial charge in [0.1, 0.15) is 5.82 Å². The Morgan fingerprint density at radius 2 is 1.84 bits per heavy atom. The molecule has 0 saturated carbocycles. The summed E-state index contributed by atoms with van der Waals surface area (Å²) in [4.78, 5) is 0. The second-order valence-electron chi connectivity index (χ2n) is 4.70. The summed E-state index contributed by atoms with van der Waals surface area (Å²) in [6.07, 6.45) is 0.768. The third-order valence-electron chi connectivity index (χ3n) is 3.23. The molecule has 1 nitrogen and oxygen atoms in total. The molecule has 2 aromatic carbocycles. The van der Waals surface area contributed by atoms with Crippen LogP contribution < -0.4 is 5.32 Å². The van der Waals surface area contributed by atoms with E-state index in [0.717, 1.165) is 22.0 Å². The maximum atomic E-state index is 14.0. The highest BCUT2D eigenvalue weighted by atomic mass is 79.9. The summed E-state index contributed by atoms with van der Waals surface area (Å²) >= 11 is 3.42. The van der Waals surface area contributed by atoms with Crippen molar-refractivity contribution < 1.29 is 4.39 Å². The average molecular weight is 322 g/mol. The zero-order chi connectivity index (χ0) is 13.8. The molecule has 0 amide bonds. The van der Waals surface area contributed by atoms with Crippen LogP contribution >= 0.6 is 15.9 Å². The molecule has 100 valence electrons. The van der Waals surface area contributed by atoms with Gasteiger partial charge in [-0.25, -0.2) is 4.39 Å². The van der Waals surface area contributed by atoms with E-state index < -0.39 is 0 Å². The van der Waals surface area contributed by atoms with Crippen molar-refractivity contribution in [3.8, 4) is 0 Å². The molecule has 2 aromatic rings. The van der Waals surface area contributed by atoms with Gasteiger partial charge < -0.3 is 5.32 Å². The van der Waals surface area contributed by atoms with E-state index in [2.05, 4.69) is 33.4 Å². The quantitative estimate of drug-likeness (QED) is 0.880. The summed E-state index contributed by atoms with van der Waals surface area (Å²) < 4.78 is 15.1. The molecule has 3 heteroatoms. The molecule has 0 bridgehead atoms. The standard InChI is InChI=1S/C16H17BrFN/c1-11-3-8-14(15(18)9-11)16(19-2)10-12-4-6-13(17)7-5-12/h3-9,16,19H,10H2,1-2H3. The van der Waals surface area contributed by atoms with E-state index >= 15 is 0 Å². The number of hydrogen-bond donors (Lipinski definition) is 1. The summed E-state index contributed by atoms with van der Waals surface area (Å²) in [7, 11) is 1.86. The predicted molar refractivity (Wildman–Crippen MR) is 80.8 cm³/mol. The van der Waals surface area contributed by atoms with Crippen LogP contribution in [0.5, 0.6) is 0 Å². The van der Waals surface area contributed by atoms with E-state index in [1.54, 1.807) is 6.07 Å². The SMILES string of the molecule is CNC(Cc1ccc(Br)cc1)c1ccc(C)cc1F. The molecule has 2 rings (SSSR count). The molecule has 0 aliphatic carbocycles. The summed E-state index contributed by atoms with van der Waals surface area (Å²) in [6.45, 7) is 1.90. The summed E-state index contributed by atoms with van der Waals surface area (Å²) in [6, 6.07) is 13.5. The second-order valence-corrected chi connectivity index (χ2v) is 5.61. The smallest absolute Gasteiger partial charge is 0.128 e. The Labute approximate surface area is 122 Å². The van der Waals surface area contributed by atoms with Gasteiger partial charge in [-0.3, -0.25) is 0 Å². The number of rotatable bonds is 4. The van der Waals surface area contributed by atoms with Gasteiger partial charge in [-0.1, -0.05) is 40.2 Å². The monoisotopic (exact) mass is 321 g/mol. The van der Waals surface area contributed by atoms with Crippen LogP contribution in [0.1, 0.15) is 22.7 Å². The number of nitrogens with one attached hydrogen (secondary N) is 1. The van der Waals surface area contributed by atoms with E-state index in [-0.39, 0.29) is 11.9 Å². The van der Waals surface area contributed by atoms with Gasteiger partial charge in [0.25, 0.3) is 0 Å². The van der Waals surface area contributed by atoms with Crippen molar-refractivity contribution in [2.75, 3.05) is 7.05 Å². The maximum absolute atomic E-state index is 14.0. The molecule has 0 aromatic heterocycles. The van der Waals surface area contributed by atoms with Gasteiger partial charge in [-0.15, -0.1) is 0 Å². The van der Waals surface area contributed by atoms with Crippen molar-refractivity contribution in [2.24, 2.45) is 0 Å². The van der Waals surface area contributed by atoms with Crippen LogP contribution in [0.3, 0.4) is 0 Å². The molecule has 19 heavy (non-hydrogen) atoms. The van der Waals surface area contributed by atoms with E-state index in [1.165, 1.54) is 5.56 Å². The maximum Gasteiger partial charge on any atom is 0.128 e. The number of benzene rings is 2. The molecule has 0 spiro atoms. The molecule has 0 radical (unpaired) electrons. The summed E-state index contributed by atoms with van der Waals surface area (Å²) in [5.74, 6) is -0.142. The van der Waals surface area contributed by atoms with E-state index in [9.17, 15) is 4.39 Å². The van der Waals surface area contributed by atoms with Gasteiger partial charge in [0, 0.05) is 16.1 Å². The number of hydrogen-bond acceptors (Lipinski definition) is 1.